The maximum atomic E-state index is 9.12. The largest absolute Gasteiger partial charge is 0.507 e. The van der Waals surface area contributed by atoms with Crippen LogP contribution in [0.25, 0.3) is 0 Å². The Balaban J connectivity index is 3.04. The fraction of sp³-hybridized carbons (Fsp3) is 0.143. The predicted octanol–water partition coefficient (Wildman–Crippen LogP) is 2.72. The molecule has 1 N–H and O–H groups in total. The first-order valence-corrected chi connectivity index (χ1v) is 5.07. The van der Waals surface area contributed by atoms with E-state index >= 15 is 0 Å². The van der Waals surface area contributed by atoms with Gasteiger partial charge in [0.25, 0.3) is 0 Å². The molecule has 0 spiro atoms. The number of aromatic hydroxyl groups is 1. The minimum absolute atomic E-state index is 0.360. The number of phenolic OH excluding ortho intramolecular Hbond substituents is 1. The van der Waals surface area contributed by atoms with Crippen LogP contribution in [0.2, 0.25) is 0 Å². The Kier molecular flexibility index (Phi) is 2.85. The molecule has 1 rings (SSSR count). The number of thioether (sulfide) groups is 1. The third-order valence-electron chi connectivity index (χ3n) is 1.15. The predicted molar refractivity (Wildman–Crippen MR) is 52.6 cm³/mol. The zero-order valence-corrected chi connectivity index (χ0v) is 8.44. The Bertz CT molecular complexity index is 237. The standard InChI is InChI=1S/C7H7IOS/c1-10-5-2-3-7(9)6(8)4-5/h2-4,9H,1H3. The molecule has 0 heterocycles. The fourth-order valence-electron chi connectivity index (χ4n) is 0.615. The molecule has 1 nitrogen and oxygen atoms in total. The van der Waals surface area contributed by atoms with Crippen molar-refractivity contribution in [3.8, 4) is 5.75 Å². The van der Waals surface area contributed by atoms with Crippen molar-refractivity contribution in [2.45, 2.75) is 4.90 Å². The van der Waals surface area contributed by atoms with Gasteiger partial charge in [0.1, 0.15) is 5.75 Å². The van der Waals surface area contributed by atoms with E-state index < -0.39 is 0 Å². The molecule has 3 heteroatoms. The maximum Gasteiger partial charge on any atom is 0.128 e. The molecule has 0 saturated heterocycles. The van der Waals surface area contributed by atoms with Gasteiger partial charge in [-0.15, -0.1) is 11.8 Å². The zero-order valence-electron chi connectivity index (χ0n) is 5.47. The van der Waals surface area contributed by atoms with Gasteiger partial charge in [0.2, 0.25) is 0 Å². The summed E-state index contributed by atoms with van der Waals surface area (Å²) in [4.78, 5) is 1.18. The van der Waals surface area contributed by atoms with Crippen molar-refractivity contribution in [2.24, 2.45) is 0 Å². The van der Waals surface area contributed by atoms with Gasteiger partial charge in [0.15, 0.2) is 0 Å². The highest BCUT2D eigenvalue weighted by molar-refractivity contribution is 14.1. The Morgan fingerprint density at radius 3 is 2.70 bits per heavy atom. The number of hydrogen-bond donors (Lipinski definition) is 1. The molecule has 0 radical (unpaired) electrons. The number of phenols is 1. The SMILES string of the molecule is CSc1ccc(O)c(I)c1. The third-order valence-corrected chi connectivity index (χ3v) is 2.74. The molecule has 0 bridgehead atoms. The van der Waals surface area contributed by atoms with E-state index in [1.54, 1.807) is 17.8 Å². The topological polar surface area (TPSA) is 20.2 Å². The molecule has 0 fully saturated rings. The molecular formula is C7H7IOS. The summed E-state index contributed by atoms with van der Waals surface area (Å²) in [6.07, 6.45) is 2.02. The summed E-state index contributed by atoms with van der Waals surface area (Å²) >= 11 is 3.79. The van der Waals surface area contributed by atoms with Crippen LogP contribution in [-0.2, 0) is 0 Å². The molecule has 10 heavy (non-hydrogen) atoms. The average Bonchev–Trinajstić information content (AvgIpc) is 1.95. The van der Waals surface area contributed by atoms with Gasteiger partial charge in [0.05, 0.1) is 3.57 Å². The molecule has 0 unspecified atom stereocenters. The smallest absolute Gasteiger partial charge is 0.128 e. The van der Waals surface area contributed by atoms with Crippen LogP contribution in [0.3, 0.4) is 0 Å². The first-order valence-electron chi connectivity index (χ1n) is 2.76. The molecular weight excluding hydrogens is 259 g/mol. The summed E-state index contributed by atoms with van der Waals surface area (Å²) in [5.41, 5.74) is 0. The van der Waals surface area contributed by atoms with Crippen LogP contribution in [0.4, 0.5) is 0 Å². The second-order valence-electron chi connectivity index (χ2n) is 1.82. The summed E-state index contributed by atoms with van der Waals surface area (Å²) in [7, 11) is 0. The second-order valence-corrected chi connectivity index (χ2v) is 3.86. The van der Waals surface area contributed by atoms with Gasteiger partial charge in [-0.05, 0) is 47.0 Å². The summed E-state index contributed by atoms with van der Waals surface area (Å²) in [6, 6.07) is 5.58. The summed E-state index contributed by atoms with van der Waals surface area (Å²) in [5.74, 6) is 0.360. The summed E-state index contributed by atoms with van der Waals surface area (Å²) in [6.45, 7) is 0. The van der Waals surface area contributed by atoms with Crippen LogP contribution >= 0.6 is 34.4 Å². The quantitative estimate of drug-likeness (QED) is 0.623. The van der Waals surface area contributed by atoms with E-state index in [1.807, 2.05) is 18.4 Å². The molecule has 0 amide bonds. The Hall–Kier alpha value is 0.100. The van der Waals surface area contributed by atoms with Gasteiger partial charge in [-0.1, -0.05) is 0 Å². The van der Waals surface area contributed by atoms with Crippen LogP contribution in [0.5, 0.6) is 5.75 Å². The minimum atomic E-state index is 0.360. The zero-order chi connectivity index (χ0) is 7.56. The first kappa shape index (κ1) is 8.20. The molecule has 1 aromatic rings. The van der Waals surface area contributed by atoms with Crippen LogP contribution in [0, 0.1) is 3.57 Å². The Morgan fingerprint density at radius 1 is 1.50 bits per heavy atom. The molecule has 0 aliphatic carbocycles. The maximum absolute atomic E-state index is 9.12. The molecule has 54 valence electrons. The van der Waals surface area contributed by atoms with Crippen molar-refractivity contribution < 1.29 is 5.11 Å². The van der Waals surface area contributed by atoms with Crippen LogP contribution in [0.15, 0.2) is 23.1 Å². The van der Waals surface area contributed by atoms with Gasteiger partial charge < -0.3 is 5.11 Å². The Morgan fingerprint density at radius 2 is 2.20 bits per heavy atom. The third kappa shape index (κ3) is 1.79. The molecule has 1 aromatic carbocycles. The van der Waals surface area contributed by atoms with Gasteiger partial charge in [-0.2, -0.15) is 0 Å². The lowest BCUT2D eigenvalue weighted by atomic mass is 10.3. The van der Waals surface area contributed by atoms with Gasteiger partial charge >= 0.3 is 0 Å². The molecule has 0 atom stereocenters. The normalized spacial score (nSPS) is 9.80. The number of hydrogen-bond acceptors (Lipinski definition) is 2. The summed E-state index contributed by atoms with van der Waals surface area (Å²) < 4.78 is 0.907. The van der Waals surface area contributed by atoms with E-state index in [1.165, 1.54) is 4.90 Å². The highest BCUT2D eigenvalue weighted by atomic mass is 127. The number of halogens is 1. The lowest BCUT2D eigenvalue weighted by Crippen LogP contribution is -1.74. The lowest BCUT2D eigenvalue weighted by Gasteiger charge is -1.98. The fourth-order valence-corrected chi connectivity index (χ4v) is 1.78. The number of rotatable bonds is 1. The van der Waals surface area contributed by atoms with Gasteiger partial charge in [0, 0.05) is 4.90 Å². The van der Waals surface area contributed by atoms with Crippen molar-refractivity contribution in [1.29, 1.82) is 0 Å². The van der Waals surface area contributed by atoms with Crippen LogP contribution in [-0.4, -0.2) is 11.4 Å². The van der Waals surface area contributed by atoms with Crippen LogP contribution in [0.1, 0.15) is 0 Å². The van der Waals surface area contributed by atoms with E-state index in [-0.39, 0.29) is 0 Å². The Labute approximate surface area is 78.0 Å². The van der Waals surface area contributed by atoms with E-state index in [9.17, 15) is 0 Å². The first-order chi connectivity index (χ1) is 4.74. The molecule has 0 aliphatic rings. The van der Waals surface area contributed by atoms with Crippen molar-refractivity contribution in [3.05, 3.63) is 21.8 Å². The van der Waals surface area contributed by atoms with Crippen molar-refractivity contribution >= 4 is 34.4 Å². The van der Waals surface area contributed by atoms with Crippen molar-refractivity contribution in [1.82, 2.24) is 0 Å². The van der Waals surface area contributed by atoms with Crippen LogP contribution < -0.4 is 0 Å². The van der Waals surface area contributed by atoms with E-state index in [0.29, 0.717) is 5.75 Å². The summed E-state index contributed by atoms with van der Waals surface area (Å²) in [5, 5.41) is 9.12. The molecule has 0 aromatic heterocycles. The van der Waals surface area contributed by atoms with E-state index in [2.05, 4.69) is 22.6 Å². The van der Waals surface area contributed by atoms with E-state index in [0.717, 1.165) is 3.57 Å². The average molecular weight is 266 g/mol. The van der Waals surface area contributed by atoms with E-state index in [4.69, 9.17) is 5.11 Å². The second kappa shape index (κ2) is 3.48. The monoisotopic (exact) mass is 266 g/mol. The van der Waals surface area contributed by atoms with Crippen molar-refractivity contribution in [2.75, 3.05) is 6.26 Å². The molecule has 0 saturated carbocycles. The lowest BCUT2D eigenvalue weighted by molar-refractivity contribution is 0.471. The van der Waals surface area contributed by atoms with Gasteiger partial charge in [-0.25, -0.2) is 0 Å². The highest BCUT2D eigenvalue weighted by Crippen LogP contribution is 2.24. The van der Waals surface area contributed by atoms with Crippen molar-refractivity contribution in [3.63, 3.8) is 0 Å². The highest BCUT2D eigenvalue weighted by Gasteiger charge is 1.96. The molecule has 0 aliphatic heterocycles. The van der Waals surface area contributed by atoms with Gasteiger partial charge in [-0.3, -0.25) is 0 Å². The minimum Gasteiger partial charge on any atom is -0.507 e. The number of benzene rings is 1.